The highest BCUT2D eigenvalue weighted by Gasteiger charge is 2.45. The van der Waals surface area contributed by atoms with E-state index in [4.69, 9.17) is 10.8 Å². The second-order valence-corrected chi connectivity index (χ2v) is 9.18. The molecule has 5 nitrogen and oxygen atoms in total. The monoisotopic (exact) mass is 316 g/mol. The Hall–Kier alpha value is -0.750. The molecule has 1 aliphatic heterocycles. The van der Waals surface area contributed by atoms with Gasteiger partial charge in [-0.2, -0.15) is 11.8 Å². The summed E-state index contributed by atoms with van der Waals surface area (Å²) in [5, 5.41) is 12.2. The van der Waals surface area contributed by atoms with Crippen molar-refractivity contribution >= 4 is 23.6 Å². The molecule has 0 aromatic carbocycles. The number of nitrogens with two attached hydrogens (primary N) is 1. The zero-order valence-electron chi connectivity index (χ0n) is 13.6. The molecule has 1 rings (SSSR count). The highest BCUT2D eigenvalue weighted by atomic mass is 32.2. The van der Waals surface area contributed by atoms with Crippen LogP contribution in [0.4, 0.5) is 0 Å². The van der Waals surface area contributed by atoms with Crippen molar-refractivity contribution in [3.05, 3.63) is 0 Å². The lowest BCUT2D eigenvalue weighted by molar-refractivity contribution is -0.139. The van der Waals surface area contributed by atoms with Gasteiger partial charge in [0.25, 0.3) is 0 Å². The third-order valence-corrected chi connectivity index (χ3v) is 5.83. The molecule has 2 unspecified atom stereocenters. The van der Waals surface area contributed by atoms with Crippen LogP contribution in [0.1, 0.15) is 53.9 Å². The smallest absolute Gasteiger partial charge is 0.305 e. The van der Waals surface area contributed by atoms with Crippen LogP contribution in [-0.2, 0) is 9.59 Å². The Labute approximate surface area is 131 Å². The molecular weight excluding hydrogens is 288 g/mol. The third kappa shape index (κ3) is 5.18. The molecule has 0 radical (unpaired) electrons. The maximum absolute atomic E-state index is 11.9. The van der Waals surface area contributed by atoms with E-state index in [0.717, 1.165) is 12.8 Å². The van der Waals surface area contributed by atoms with Crippen molar-refractivity contribution in [2.75, 3.05) is 0 Å². The van der Waals surface area contributed by atoms with Crippen molar-refractivity contribution in [3.8, 4) is 0 Å². The van der Waals surface area contributed by atoms with Crippen LogP contribution in [0, 0.1) is 5.92 Å². The van der Waals surface area contributed by atoms with Gasteiger partial charge in [-0.25, -0.2) is 0 Å². The predicted octanol–water partition coefficient (Wildman–Crippen LogP) is 1.99. The van der Waals surface area contributed by atoms with Crippen LogP contribution in [0.15, 0.2) is 0 Å². The molecule has 0 bridgehead atoms. The van der Waals surface area contributed by atoms with Crippen LogP contribution in [0.25, 0.3) is 0 Å². The summed E-state index contributed by atoms with van der Waals surface area (Å²) in [6, 6.07) is -0.989. The van der Waals surface area contributed by atoms with E-state index in [0.29, 0.717) is 15.9 Å². The standard InChI is InChI=1S/C15H28N2O3S/c1-9-10(15(4,5)21-9)6-7-14(2,3)17-13(20)11(16)8-12(18)19/h9-11H,6-8,16H2,1-5H3,(H,17,20)(H,18,19)/t9?,10?,11-/m0/s1. The van der Waals surface area contributed by atoms with Gasteiger partial charge in [-0.15, -0.1) is 0 Å². The van der Waals surface area contributed by atoms with Crippen molar-refractivity contribution in [2.45, 2.75) is 75.5 Å². The molecule has 1 amide bonds. The molecule has 0 aromatic heterocycles. The summed E-state index contributed by atoms with van der Waals surface area (Å²) in [6.45, 7) is 10.7. The lowest BCUT2D eigenvalue weighted by Crippen LogP contribution is -2.52. The molecule has 4 N–H and O–H groups in total. The van der Waals surface area contributed by atoms with E-state index in [2.05, 4.69) is 26.1 Å². The lowest BCUT2D eigenvalue weighted by atomic mass is 9.82. The normalized spacial score (nSPS) is 25.8. The summed E-state index contributed by atoms with van der Waals surface area (Å²) < 4.78 is 0.305. The highest BCUT2D eigenvalue weighted by molar-refractivity contribution is 8.02. The van der Waals surface area contributed by atoms with E-state index in [1.807, 2.05) is 25.6 Å². The minimum atomic E-state index is -1.06. The summed E-state index contributed by atoms with van der Waals surface area (Å²) in [4.78, 5) is 22.5. The fourth-order valence-corrected chi connectivity index (χ4v) is 4.88. The number of amides is 1. The van der Waals surface area contributed by atoms with E-state index < -0.39 is 17.9 Å². The number of aliphatic carboxylic acids is 1. The number of nitrogens with one attached hydrogen (secondary N) is 1. The van der Waals surface area contributed by atoms with Crippen molar-refractivity contribution in [3.63, 3.8) is 0 Å². The molecule has 21 heavy (non-hydrogen) atoms. The predicted molar refractivity (Wildman–Crippen MR) is 86.3 cm³/mol. The molecular formula is C15H28N2O3S. The van der Waals surface area contributed by atoms with Gasteiger partial charge >= 0.3 is 5.97 Å². The molecule has 0 spiro atoms. The number of hydrogen-bond donors (Lipinski definition) is 3. The SMILES string of the molecule is CC1SC(C)(C)C1CCC(C)(C)NC(=O)[C@@H](N)CC(=O)O. The number of rotatable bonds is 7. The molecule has 3 atom stereocenters. The Balaban J connectivity index is 2.46. The Morgan fingerprint density at radius 3 is 2.43 bits per heavy atom. The van der Waals surface area contributed by atoms with Gasteiger partial charge in [-0.1, -0.05) is 20.8 Å². The molecule has 1 heterocycles. The second-order valence-electron chi connectivity index (χ2n) is 7.15. The Kier molecular flexibility index (Phi) is 5.72. The van der Waals surface area contributed by atoms with Crippen LogP contribution in [-0.4, -0.2) is 38.6 Å². The minimum Gasteiger partial charge on any atom is -0.481 e. The van der Waals surface area contributed by atoms with Crippen LogP contribution in [0.5, 0.6) is 0 Å². The van der Waals surface area contributed by atoms with Crippen molar-refractivity contribution in [2.24, 2.45) is 11.7 Å². The lowest BCUT2D eigenvalue weighted by Gasteiger charge is -2.50. The van der Waals surface area contributed by atoms with Gasteiger partial charge in [0.1, 0.15) is 0 Å². The summed E-state index contributed by atoms with van der Waals surface area (Å²) in [5.74, 6) is -0.804. The number of carbonyl (C=O) groups excluding carboxylic acids is 1. The summed E-state index contributed by atoms with van der Waals surface area (Å²) in [5.41, 5.74) is 5.22. The number of thioether (sulfide) groups is 1. The topological polar surface area (TPSA) is 92.4 Å². The molecule has 1 aliphatic rings. The van der Waals surface area contributed by atoms with Crippen molar-refractivity contribution < 1.29 is 14.7 Å². The average Bonchev–Trinajstić information content (AvgIpc) is 2.25. The first-order valence-corrected chi connectivity index (χ1v) is 8.30. The second kappa shape index (κ2) is 6.57. The van der Waals surface area contributed by atoms with Gasteiger partial charge in [0, 0.05) is 15.5 Å². The molecule has 0 saturated carbocycles. The summed E-state index contributed by atoms with van der Waals surface area (Å²) in [7, 11) is 0. The number of hydrogen-bond acceptors (Lipinski definition) is 4. The van der Waals surface area contributed by atoms with Gasteiger partial charge in [0.15, 0.2) is 0 Å². The quantitative estimate of drug-likeness (QED) is 0.668. The number of carboxylic acids is 1. The van der Waals surface area contributed by atoms with E-state index >= 15 is 0 Å². The van der Waals surface area contributed by atoms with E-state index in [1.54, 1.807) is 0 Å². The fraction of sp³-hybridized carbons (Fsp3) is 0.867. The molecule has 1 fully saturated rings. The Morgan fingerprint density at radius 2 is 2.00 bits per heavy atom. The molecule has 0 aromatic rings. The summed E-state index contributed by atoms with van der Waals surface area (Å²) in [6.07, 6.45) is 1.56. The zero-order chi connectivity index (χ0) is 16.4. The Morgan fingerprint density at radius 1 is 1.43 bits per heavy atom. The van der Waals surface area contributed by atoms with Crippen LogP contribution < -0.4 is 11.1 Å². The molecule has 0 aliphatic carbocycles. The maximum atomic E-state index is 11.9. The van der Waals surface area contributed by atoms with E-state index in [9.17, 15) is 9.59 Å². The van der Waals surface area contributed by atoms with Gasteiger partial charge < -0.3 is 16.2 Å². The average molecular weight is 316 g/mol. The number of carboxylic acid groups (broad SMARTS) is 1. The molecule has 1 saturated heterocycles. The molecule has 6 heteroatoms. The Bertz CT molecular complexity index is 410. The summed E-state index contributed by atoms with van der Waals surface area (Å²) >= 11 is 2.00. The van der Waals surface area contributed by atoms with Crippen LogP contribution >= 0.6 is 11.8 Å². The zero-order valence-corrected chi connectivity index (χ0v) is 14.4. The molecule has 122 valence electrons. The van der Waals surface area contributed by atoms with Crippen molar-refractivity contribution in [1.29, 1.82) is 0 Å². The number of carbonyl (C=O) groups is 2. The largest absolute Gasteiger partial charge is 0.481 e. The van der Waals surface area contributed by atoms with Gasteiger partial charge in [-0.05, 0) is 32.6 Å². The first-order valence-electron chi connectivity index (χ1n) is 7.42. The van der Waals surface area contributed by atoms with Crippen LogP contribution in [0.2, 0.25) is 0 Å². The van der Waals surface area contributed by atoms with Crippen LogP contribution in [0.3, 0.4) is 0 Å². The minimum absolute atomic E-state index is 0.305. The maximum Gasteiger partial charge on any atom is 0.305 e. The van der Waals surface area contributed by atoms with E-state index in [1.165, 1.54) is 0 Å². The fourth-order valence-electron chi connectivity index (χ4n) is 3.01. The first-order chi connectivity index (χ1) is 9.44. The highest BCUT2D eigenvalue weighted by Crippen LogP contribution is 2.53. The first kappa shape index (κ1) is 18.3. The van der Waals surface area contributed by atoms with Crippen molar-refractivity contribution in [1.82, 2.24) is 5.32 Å². The third-order valence-electron chi connectivity index (χ3n) is 4.22. The van der Waals surface area contributed by atoms with E-state index in [-0.39, 0.29) is 12.0 Å². The van der Waals surface area contributed by atoms with Gasteiger partial charge in [0.05, 0.1) is 12.5 Å². The van der Waals surface area contributed by atoms with Gasteiger partial charge in [-0.3, -0.25) is 9.59 Å². The van der Waals surface area contributed by atoms with Gasteiger partial charge in [0.2, 0.25) is 5.91 Å².